The molecule has 0 spiro atoms. The normalized spacial score (nSPS) is 32.4. The Balaban J connectivity index is 0.00000240. The summed E-state index contributed by atoms with van der Waals surface area (Å²) < 4.78 is 44.7. The SMILES string of the molecule is Cl.NC1C2CCCC1CC(C(=O)N1CCOC(c3cccc(C(F)(F)F)c3)C1)C2. The van der Waals surface area contributed by atoms with Crippen molar-refractivity contribution in [1.82, 2.24) is 4.90 Å². The van der Waals surface area contributed by atoms with Crippen molar-refractivity contribution in [2.45, 2.75) is 50.4 Å². The number of carbonyl (C=O) groups excluding carboxylic acids is 1. The smallest absolute Gasteiger partial charge is 0.370 e. The molecule has 1 aromatic carbocycles. The minimum atomic E-state index is -4.39. The fourth-order valence-corrected chi connectivity index (χ4v) is 5.22. The van der Waals surface area contributed by atoms with E-state index in [4.69, 9.17) is 10.5 Å². The maximum atomic E-state index is 13.1. The molecule has 1 amide bonds. The Labute approximate surface area is 175 Å². The van der Waals surface area contributed by atoms with Crippen molar-refractivity contribution in [2.24, 2.45) is 23.5 Å². The van der Waals surface area contributed by atoms with Crippen molar-refractivity contribution in [3.63, 3.8) is 0 Å². The molecule has 2 bridgehead atoms. The molecule has 29 heavy (non-hydrogen) atoms. The van der Waals surface area contributed by atoms with Crippen LogP contribution in [-0.2, 0) is 15.7 Å². The number of hydrogen-bond acceptors (Lipinski definition) is 3. The molecule has 8 heteroatoms. The van der Waals surface area contributed by atoms with Crippen LogP contribution in [0, 0.1) is 17.8 Å². The zero-order chi connectivity index (χ0) is 19.9. The van der Waals surface area contributed by atoms with Crippen LogP contribution in [0.2, 0.25) is 0 Å². The van der Waals surface area contributed by atoms with Crippen LogP contribution >= 0.6 is 12.4 Å². The van der Waals surface area contributed by atoms with E-state index in [1.165, 1.54) is 12.5 Å². The summed E-state index contributed by atoms with van der Waals surface area (Å²) in [5.74, 6) is 0.933. The molecule has 3 aliphatic rings. The Morgan fingerprint density at radius 1 is 1.17 bits per heavy atom. The summed E-state index contributed by atoms with van der Waals surface area (Å²) in [6, 6.07) is 5.42. The monoisotopic (exact) mass is 432 g/mol. The van der Waals surface area contributed by atoms with Crippen molar-refractivity contribution in [3.05, 3.63) is 35.4 Å². The molecule has 3 fully saturated rings. The van der Waals surface area contributed by atoms with E-state index in [2.05, 4.69) is 0 Å². The Morgan fingerprint density at radius 2 is 1.86 bits per heavy atom. The molecule has 3 unspecified atom stereocenters. The van der Waals surface area contributed by atoms with Crippen LogP contribution in [0.5, 0.6) is 0 Å². The number of benzene rings is 1. The molecule has 1 heterocycles. The van der Waals surface area contributed by atoms with Crippen LogP contribution in [0.25, 0.3) is 0 Å². The van der Waals surface area contributed by atoms with E-state index in [0.717, 1.165) is 37.8 Å². The first-order valence-electron chi connectivity index (χ1n) is 10.2. The zero-order valence-corrected chi connectivity index (χ0v) is 17.1. The maximum Gasteiger partial charge on any atom is 0.416 e. The van der Waals surface area contributed by atoms with Gasteiger partial charge in [-0.1, -0.05) is 18.6 Å². The number of halogens is 4. The van der Waals surface area contributed by atoms with Gasteiger partial charge >= 0.3 is 6.18 Å². The lowest BCUT2D eigenvalue weighted by molar-refractivity contribution is -0.146. The van der Waals surface area contributed by atoms with Crippen LogP contribution in [-0.4, -0.2) is 36.5 Å². The van der Waals surface area contributed by atoms with Gasteiger partial charge in [-0.2, -0.15) is 13.2 Å². The molecule has 4 nitrogen and oxygen atoms in total. The van der Waals surface area contributed by atoms with E-state index >= 15 is 0 Å². The van der Waals surface area contributed by atoms with Gasteiger partial charge in [0.05, 0.1) is 18.7 Å². The molecule has 1 saturated heterocycles. The minimum Gasteiger partial charge on any atom is -0.370 e. The molecule has 1 aliphatic heterocycles. The van der Waals surface area contributed by atoms with Crippen molar-refractivity contribution >= 4 is 18.3 Å². The first-order valence-corrected chi connectivity index (χ1v) is 10.2. The number of carbonyl (C=O) groups is 1. The van der Waals surface area contributed by atoms with Crippen molar-refractivity contribution in [3.8, 4) is 0 Å². The van der Waals surface area contributed by atoms with Gasteiger partial charge in [0.2, 0.25) is 5.91 Å². The maximum absolute atomic E-state index is 13.1. The predicted octanol–water partition coefficient (Wildman–Crippen LogP) is 4.18. The third-order valence-electron chi connectivity index (χ3n) is 6.73. The van der Waals surface area contributed by atoms with Gasteiger partial charge in [0.1, 0.15) is 6.10 Å². The Morgan fingerprint density at radius 3 is 2.52 bits per heavy atom. The van der Waals surface area contributed by atoms with E-state index in [1.807, 2.05) is 0 Å². The summed E-state index contributed by atoms with van der Waals surface area (Å²) in [6.07, 6.45) is 0.141. The highest BCUT2D eigenvalue weighted by atomic mass is 35.5. The number of morpholine rings is 1. The molecule has 1 aromatic rings. The van der Waals surface area contributed by atoms with Gasteiger partial charge in [0.15, 0.2) is 0 Å². The number of fused-ring (bicyclic) bond motifs is 2. The van der Waals surface area contributed by atoms with Crippen LogP contribution in [0.15, 0.2) is 24.3 Å². The van der Waals surface area contributed by atoms with Crippen LogP contribution in [0.1, 0.15) is 49.3 Å². The van der Waals surface area contributed by atoms with Crippen molar-refractivity contribution < 1.29 is 22.7 Å². The summed E-state index contributed by atoms with van der Waals surface area (Å²) in [7, 11) is 0. The first-order chi connectivity index (χ1) is 13.3. The number of ether oxygens (including phenoxy) is 1. The molecule has 4 rings (SSSR count). The summed E-state index contributed by atoms with van der Waals surface area (Å²) >= 11 is 0. The highest BCUT2D eigenvalue weighted by Crippen LogP contribution is 2.42. The van der Waals surface area contributed by atoms with Crippen LogP contribution in [0.3, 0.4) is 0 Å². The number of alkyl halides is 3. The second kappa shape index (κ2) is 8.82. The van der Waals surface area contributed by atoms with Gasteiger partial charge < -0.3 is 15.4 Å². The number of hydrogen-bond donors (Lipinski definition) is 1. The standard InChI is InChI=1S/C21H27F3N2O2.ClH/c22-21(23,24)17-6-2-3-13(11-17)18-12-26(7-8-28-18)20(27)16-9-14-4-1-5-15(10-16)19(14)25;/h2-3,6,11,14-16,18-19H,1,4-5,7-10,12,25H2;1H. The second-order valence-electron chi connectivity index (χ2n) is 8.46. The van der Waals surface area contributed by atoms with E-state index < -0.39 is 17.8 Å². The zero-order valence-electron chi connectivity index (χ0n) is 16.2. The van der Waals surface area contributed by atoms with E-state index in [-0.39, 0.29) is 30.3 Å². The molecule has 2 saturated carbocycles. The van der Waals surface area contributed by atoms with Gasteiger partial charge in [0, 0.05) is 18.5 Å². The third kappa shape index (κ3) is 4.72. The quantitative estimate of drug-likeness (QED) is 0.762. The summed E-state index contributed by atoms with van der Waals surface area (Å²) in [5, 5.41) is 0. The lowest BCUT2D eigenvalue weighted by atomic mass is 9.65. The number of nitrogens with two attached hydrogens (primary N) is 1. The molecule has 2 aliphatic carbocycles. The topological polar surface area (TPSA) is 55.6 Å². The van der Waals surface area contributed by atoms with Crippen molar-refractivity contribution in [2.75, 3.05) is 19.7 Å². The van der Waals surface area contributed by atoms with Crippen LogP contribution < -0.4 is 5.73 Å². The molecule has 0 aromatic heterocycles. The lowest BCUT2D eigenvalue weighted by Gasteiger charge is -2.45. The minimum absolute atomic E-state index is 0. The fraction of sp³-hybridized carbons (Fsp3) is 0.667. The second-order valence-corrected chi connectivity index (χ2v) is 8.46. The summed E-state index contributed by atoms with van der Waals surface area (Å²) in [4.78, 5) is 14.9. The van der Waals surface area contributed by atoms with E-state index in [1.54, 1.807) is 11.0 Å². The number of rotatable bonds is 2. The van der Waals surface area contributed by atoms with E-state index in [9.17, 15) is 18.0 Å². The predicted molar refractivity (Wildman–Crippen MR) is 105 cm³/mol. The largest absolute Gasteiger partial charge is 0.416 e. The van der Waals surface area contributed by atoms with Crippen molar-refractivity contribution in [1.29, 1.82) is 0 Å². The van der Waals surface area contributed by atoms with Crippen LogP contribution in [0.4, 0.5) is 13.2 Å². The van der Waals surface area contributed by atoms with Gasteiger partial charge in [0.25, 0.3) is 0 Å². The third-order valence-corrected chi connectivity index (χ3v) is 6.73. The molecule has 2 N–H and O–H groups in total. The fourth-order valence-electron chi connectivity index (χ4n) is 5.22. The van der Waals surface area contributed by atoms with Gasteiger partial charge in [-0.15, -0.1) is 12.4 Å². The molecule has 162 valence electrons. The van der Waals surface area contributed by atoms with Gasteiger partial charge in [-0.3, -0.25) is 4.79 Å². The average molecular weight is 433 g/mol. The lowest BCUT2D eigenvalue weighted by Crippen LogP contribution is -2.51. The Bertz CT molecular complexity index is 716. The Kier molecular flexibility index (Phi) is 6.81. The molecule has 3 atom stereocenters. The van der Waals surface area contributed by atoms with Gasteiger partial charge in [-0.05, 0) is 55.2 Å². The summed E-state index contributed by atoms with van der Waals surface area (Å²) in [6.45, 7) is 1.13. The highest BCUT2D eigenvalue weighted by Gasteiger charge is 2.42. The summed E-state index contributed by atoms with van der Waals surface area (Å²) in [5.41, 5.74) is 6.11. The first kappa shape index (κ1) is 22.4. The number of nitrogens with zero attached hydrogens (tertiary/aromatic N) is 1. The number of amides is 1. The van der Waals surface area contributed by atoms with Gasteiger partial charge in [-0.25, -0.2) is 0 Å². The molecule has 0 radical (unpaired) electrons. The highest BCUT2D eigenvalue weighted by molar-refractivity contribution is 5.85. The average Bonchev–Trinajstić information content (AvgIpc) is 2.67. The molecular weight excluding hydrogens is 405 g/mol. The molecular formula is C21H28ClF3N2O2. The Hall–Kier alpha value is -1.31. The van der Waals surface area contributed by atoms with E-state index in [0.29, 0.717) is 37.1 Å².